The van der Waals surface area contributed by atoms with E-state index in [4.69, 9.17) is 4.74 Å². The van der Waals surface area contributed by atoms with E-state index in [1.807, 2.05) is 9.80 Å². The number of hydrogen-bond donors (Lipinski definition) is 1. The van der Waals surface area contributed by atoms with Crippen LogP contribution in [-0.2, 0) is 17.1 Å². The molecule has 0 atom stereocenters. The third-order valence-corrected chi connectivity index (χ3v) is 7.10. The number of benzene rings is 3. The standard InChI is InChI=1S/C30H25F7N4O2/c31-20-7-8-25(39-26-9-10-38-27-22(26)5-2-6-24(27)30(35,36)37)23(18-20)28(42)43-16-15-40-11-13-41(14-12-40)21-4-1-3-19(17-21)29(32,33)34/h1-10,17-18H,11-16H2,(H,38,39). The zero-order valence-electron chi connectivity index (χ0n) is 22.5. The summed E-state index contributed by atoms with van der Waals surface area (Å²) in [6, 6.07) is 13.6. The highest BCUT2D eigenvalue weighted by atomic mass is 19.4. The number of carbonyl (C=O) groups excluding carboxylic acids is 1. The van der Waals surface area contributed by atoms with Gasteiger partial charge in [0.2, 0.25) is 0 Å². The second-order valence-electron chi connectivity index (χ2n) is 9.89. The molecule has 4 aromatic rings. The number of fused-ring (bicyclic) bond motifs is 1. The van der Waals surface area contributed by atoms with Crippen LogP contribution in [0.15, 0.2) is 72.9 Å². The highest BCUT2D eigenvalue weighted by Crippen LogP contribution is 2.37. The molecular weight excluding hydrogens is 581 g/mol. The number of aromatic nitrogens is 1. The molecule has 1 aliphatic rings. The Bertz CT molecular complexity index is 1620. The number of nitrogens with one attached hydrogen (secondary N) is 1. The van der Waals surface area contributed by atoms with Crippen LogP contribution in [-0.4, -0.2) is 55.2 Å². The highest BCUT2D eigenvalue weighted by Gasteiger charge is 2.33. The van der Waals surface area contributed by atoms with Crippen molar-refractivity contribution < 1.29 is 40.3 Å². The van der Waals surface area contributed by atoms with E-state index in [2.05, 4.69) is 10.3 Å². The number of pyridine rings is 1. The minimum atomic E-state index is -4.62. The maximum atomic E-state index is 14.1. The molecule has 6 nitrogen and oxygen atoms in total. The molecule has 0 bridgehead atoms. The second kappa shape index (κ2) is 12.1. The Morgan fingerprint density at radius 3 is 2.33 bits per heavy atom. The molecule has 5 rings (SSSR count). The molecule has 226 valence electrons. The SMILES string of the molecule is O=C(OCCN1CCN(c2cccc(C(F)(F)F)c2)CC1)c1cc(F)ccc1Nc1ccnc2c(C(F)(F)F)cccc12. The predicted molar refractivity (Wildman–Crippen MR) is 147 cm³/mol. The van der Waals surface area contributed by atoms with Gasteiger partial charge in [-0.15, -0.1) is 0 Å². The quantitative estimate of drug-likeness (QED) is 0.178. The molecule has 0 radical (unpaired) electrons. The van der Waals surface area contributed by atoms with Gasteiger partial charge in [0.1, 0.15) is 12.4 Å². The van der Waals surface area contributed by atoms with E-state index in [0.717, 1.165) is 30.3 Å². The molecular formula is C30H25F7N4O2. The topological polar surface area (TPSA) is 57.7 Å². The second-order valence-corrected chi connectivity index (χ2v) is 9.89. The van der Waals surface area contributed by atoms with E-state index < -0.39 is 35.3 Å². The summed E-state index contributed by atoms with van der Waals surface area (Å²) in [6.07, 6.45) is -7.85. The summed E-state index contributed by atoms with van der Waals surface area (Å²) >= 11 is 0. The van der Waals surface area contributed by atoms with Crippen LogP contribution in [0.4, 0.5) is 47.8 Å². The summed E-state index contributed by atoms with van der Waals surface area (Å²) in [7, 11) is 0. The predicted octanol–water partition coefficient (Wildman–Crippen LogP) is 7.13. The molecule has 1 aliphatic heterocycles. The maximum absolute atomic E-state index is 14.1. The lowest BCUT2D eigenvalue weighted by atomic mass is 10.1. The van der Waals surface area contributed by atoms with Crippen LogP contribution < -0.4 is 10.2 Å². The molecule has 0 saturated carbocycles. The lowest BCUT2D eigenvalue weighted by Gasteiger charge is -2.36. The Labute approximate surface area is 241 Å². The van der Waals surface area contributed by atoms with Crippen molar-refractivity contribution in [2.75, 3.05) is 49.5 Å². The molecule has 0 amide bonds. The van der Waals surface area contributed by atoms with Crippen LogP contribution >= 0.6 is 0 Å². The van der Waals surface area contributed by atoms with Gasteiger partial charge < -0.3 is 15.0 Å². The molecule has 1 saturated heterocycles. The molecule has 0 unspecified atom stereocenters. The zero-order valence-corrected chi connectivity index (χ0v) is 22.5. The van der Waals surface area contributed by atoms with E-state index in [0.29, 0.717) is 38.4 Å². The van der Waals surface area contributed by atoms with E-state index >= 15 is 0 Å². The smallest absolute Gasteiger partial charge is 0.418 e. The van der Waals surface area contributed by atoms with Gasteiger partial charge in [0, 0.05) is 55.7 Å². The van der Waals surface area contributed by atoms with Gasteiger partial charge in [0.05, 0.1) is 27.9 Å². The van der Waals surface area contributed by atoms with Crippen molar-refractivity contribution in [1.29, 1.82) is 0 Å². The van der Waals surface area contributed by atoms with Gasteiger partial charge in [0.15, 0.2) is 0 Å². The largest absolute Gasteiger partial charge is 0.461 e. The van der Waals surface area contributed by atoms with Crippen LogP contribution in [0.3, 0.4) is 0 Å². The summed E-state index contributed by atoms with van der Waals surface area (Å²) < 4.78 is 99.2. The minimum Gasteiger partial charge on any atom is -0.461 e. The van der Waals surface area contributed by atoms with Gasteiger partial charge in [-0.2, -0.15) is 26.3 Å². The van der Waals surface area contributed by atoms with Crippen molar-refractivity contribution >= 4 is 33.9 Å². The lowest BCUT2D eigenvalue weighted by Crippen LogP contribution is -2.47. The van der Waals surface area contributed by atoms with Crippen molar-refractivity contribution in [2.24, 2.45) is 0 Å². The third kappa shape index (κ3) is 6.99. The van der Waals surface area contributed by atoms with Crippen molar-refractivity contribution in [3.05, 3.63) is 95.4 Å². The highest BCUT2D eigenvalue weighted by molar-refractivity contribution is 6.00. The van der Waals surface area contributed by atoms with Crippen molar-refractivity contribution in [3.63, 3.8) is 0 Å². The zero-order chi connectivity index (χ0) is 30.8. The van der Waals surface area contributed by atoms with E-state index in [9.17, 15) is 35.5 Å². The Morgan fingerprint density at radius 1 is 0.860 bits per heavy atom. The first-order chi connectivity index (χ1) is 20.4. The van der Waals surface area contributed by atoms with E-state index in [1.165, 1.54) is 36.5 Å². The van der Waals surface area contributed by atoms with Crippen molar-refractivity contribution in [3.8, 4) is 0 Å². The molecule has 13 heteroatoms. The number of carbonyl (C=O) groups is 1. The van der Waals surface area contributed by atoms with Gasteiger partial charge >= 0.3 is 18.3 Å². The van der Waals surface area contributed by atoms with E-state index in [1.54, 1.807) is 6.07 Å². The fourth-order valence-electron chi connectivity index (χ4n) is 4.91. The number of hydrogen-bond acceptors (Lipinski definition) is 6. The molecule has 0 spiro atoms. The first-order valence-corrected chi connectivity index (χ1v) is 13.2. The fourth-order valence-corrected chi connectivity index (χ4v) is 4.91. The fraction of sp³-hybridized carbons (Fsp3) is 0.267. The van der Waals surface area contributed by atoms with Gasteiger partial charge in [-0.25, -0.2) is 9.18 Å². The Hall–Kier alpha value is -4.39. The average molecular weight is 607 g/mol. The van der Waals surface area contributed by atoms with Crippen molar-refractivity contribution in [1.82, 2.24) is 9.88 Å². The van der Waals surface area contributed by atoms with Gasteiger partial charge in [-0.1, -0.05) is 18.2 Å². The summed E-state index contributed by atoms with van der Waals surface area (Å²) in [4.78, 5) is 20.7. The number of piperazine rings is 1. The minimum absolute atomic E-state index is 0.0362. The van der Waals surface area contributed by atoms with E-state index in [-0.39, 0.29) is 34.4 Å². The van der Waals surface area contributed by atoms with Crippen LogP contribution in [0, 0.1) is 5.82 Å². The number of para-hydroxylation sites is 1. The molecule has 1 aromatic heterocycles. The number of rotatable bonds is 7. The van der Waals surface area contributed by atoms with Crippen LogP contribution in [0.25, 0.3) is 10.9 Å². The maximum Gasteiger partial charge on any atom is 0.418 e. The number of alkyl halides is 6. The first-order valence-electron chi connectivity index (χ1n) is 13.2. The Kier molecular flexibility index (Phi) is 8.45. The monoisotopic (exact) mass is 606 g/mol. The molecule has 1 fully saturated rings. The van der Waals surface area contributed by atoms with Crippen molar-refractivity contribution in [2.45, 2.75) is 12.4 Å². The molecule has 0 aliphatic carbocycles. The summed E-state index contributed by atoms with van der Waals surface area (Å²) in [6.45, 7) is 2.30. The number of halogens is 7. The molecule has 43 heavy (non-hydrogen) atoms. The third-order valence-electron chi connectivity index (χ3n) is 7.10. The number of anilines is 3. The van der Waals surface area contributed by atoms with Gasteiger partial charge in [0.25, 0.3) is 0 Å². The molecule has 1 N–H and O–H groups in total. The molecule has 3 aromatic carbocycles. The van der Waals surface area contributed by atoms with Gasteiger partial charge in [-0.3, -0.25) is 9.88 Å². The van der Waals surface area contributed by atoms with Crippen LogP contribution in [0.1, 0.15) is 21.5 Å². The number of nitrogens with zero attached hydrogens (tertiary/aromatic N) is 3. The summed E-state index contributed by atoms with van der Waals surface area (Å²) in [5, 5.41) is 3.07. The number of ether oxygens (including phenoxy) is 1. The molecule has 2 heterocycles. The average Bonchev–Trinajstić information content (AvgIpc) is 2.97. The summed E-state index contributed by atoms with van der Waals surface area (Å²) in [5.41, 5.74) is -1.22. The lowest BCUT2D eigenvalue weighted by molar-refractivity contribution is -0.138. The number of esters is 1. The van der Waals surface area contributed by atoms with Crippen LogP contribution in [0.2, 0.25) is 0 Å². The Morgan fingerprint density at radius 2 is 1.60 bits per heavy atom. The normalized spacial score (nSPS) is 14.6. The summed E-state index contributed by atoms with van der Waals surface area (Å²) in [5.74, 6) is -1.54. The first kappa shape index (κ1) is 30.1. The Balaban J connectivity index is 1.21. The van der Waals surface area contributed by atoms with Gasteiger partial charge in [-0.05, 0) is 48.5 Å². The van der Waals surface area contributed by atoms with Crippen LogP contribution in [0.5, 0.6) is 0 Å².